The van der Waals surface area contributed by atoms with Crippen LogP contribution in [0.1, 0.15) is 53.9 Å². The first-order valence-electron chi connectivity index (χ1n) is 7.49. The van der Waals surface area contributed by atoms with Gasteiger partial charge in [0.15, 0.2) is 0 Å². The second kappa shape index (κ2) is 6.75. The van der Waals surface area contributed by atoms with Crippen LogP contribution < -0.4 is 5.73 Å². The summed E-state index contributed by atoms with van der Waals surface area (Å²) in [6, 6.07) is 1.10. The fraction of sp³-hybridized carbons (Fsp3) is 1.00. The summed E-state index contributed by atoms with van der Waals surface area (Å²) in [6.07, 6.45) is 3.81. The Morgan fingerprint density at radius 1 is 1.24 bits per heavy atom. The van der Waals surface area contributed by atoms with E-state index in [1.54, 1.807) is 0 Å². The number of nitrogens with two attached hydrogens (primary N) is 1. The van der Waals surface area contributed by atoms with Gasteiger partial charge in [0.25, 0.3) is 0 Å². The minimum absolute atomic E-state index is 0.409. The summed E-state index contributed by atoms with van der Waals surface area (Å²) in [4.78, 5) is 2.61. The molecule has 1 fully saturated rings. The molecule has 2 nitrogen and oxygen atoms in total. The number of rotatable bonds is 5. The van der Waals surface area contributed by atoms with Gasteiger partial charge in [-0.05, 0) is 50.5 Å². The molecule has 0 spiro atoms. The van der Waals surface area contributed by atoms with Crippen LogP contribution in [0.5, 0.6) is 0 Å². The molecule has 102 valence electrons. The van der Waals surface area contributed by atoms with Gasteiger partial charge in [0, 0.05) is 18.6 Å². The van der Waals surface area contributed by atoms with Gasteiger partial charge in [-0.25, -0.2) is 0 Å². The van der Waals surface area contributed by atoms with Gasteiger partial charge < -0.3 is 10.6 Å². The molecule has 5 unspecified atom stereocenters. The molecule has 0 aromatic carbocycles. The van der Waals surface area contributed by atoms with Crippen LogP contribution in [-0.2, 0) is 0 Å². The molecule has 0 heterocycles. The third-order valence-corrected chi connectivity index (χ3v) is 4.80. The van der Waals surface area contributed by atoms with Crippen LogP contribution in [0.2, 0.25) is 0 Å². The molecule has 0 bridgehead atoms. The first-order chi connectivity index (χ1) is 7.99. The third kappa shape index (κ3) is 3.96. The fourth-order valence-electron chi connectivity index (χ4n) is 3.43. The number of nitrogens with zero attached hydrogens (tertiary/aromatic N) is 1. The molecule has 1 saturated carbocycles. The summed E-state index contributed by atoms with van der Waals surface area (Å²) in [7, 11) is 0. The van der Waals surface area contributed by atoms with E-state index in [0.717, 1.165) is 18.4 Å². The summed E-state index contributed by atoms with van der Waals surface area (Å²) in [5, 5.41) is 0. The zero-order valence-corrected chi connectivity index (χ0v) is 12.4. The minimum atomic E-state index is 0.409. The number of hydrogen-bond acceptors (Lipinski definition) is 2. The van der Waals surface area contributed by atoms with Gasteiger partial charge in [0.05, 0.1) is 0 Å². The highest BCUT2D eigenvalue weighted by molar-refractivity contribution is 4.87. The zero-order valence-electron chi connectivity index (χ0n) is 12.4. The van der Waals surface area contributed by atoms with Crippen molar-refractivity contribution in [3.63, 3.8) is 0 Å². The lowest BCUT2D eigenvalue weighted by Crippen LogP contribution is -2.48. The maximum absolute atomic E-state index is 6.38. The highest BCUT2D eigenvalue weighted by atomic mass is 15.1. The van der Waals surface area contributed by atoms with Gasteiger partial charge in [-0.3, -0.25) is 0 Å². The Balaban J connectivity index is 2.58. The topological polar surface area (TPSA) is 29.3 Å². The molecular weight excluding hydrogens is 208 g/mol. The Labute approximate surface area is 108 Å². The zero-order chi connectivity index (χ0) is 13.0. The predicted octanol–water partition coefficient (Wildman–Crippen LogP) is 3.12. The Kier molecular flexibility index (Phi) is 5.94. The summed E-state index contributed by atoms with van der Waals surface area (Å²) < 4.78 is 0. The molecule has 0 aromatic heterocycles. The fourth-order valence-corrected chi connectivity index (χ4v) is 3.43. The average molecular weight is 240 g/mol. The third-order valence-electron chi connectivity index (χ3n) is 4.80. The van der Waals surface area contributed by atoms with E-state index in [-0.39, 0.29) is 0 Å². The molecule has 2 heteroatoms. The van der Waals surface area contributed by atoms with E-state index in [0.29, 0.717) is 18.0 Å². The van der Waals surface area contributed by atoms with Gasteiger partial charge in [-0.1, -0.05) is 27.7 Å². The highest BCUT2D eigenvalue weighted by Crippen LogP contribution is 2.33. The van der Waals surface area contributed by atoms with Gasteiger partial charge in [-0.15, -0.1) is 0 Å². The summed E-state index contributed by atoms with van der Waals surface area (Å²) in [5.74, 6) is 2.29. The van der Waals surface area contributed by atoms with Crippen LogP contribution in [0.4, 0.5) is 0 Å². The van der Waals surface area contributed by atoms with Crippen molar-refractivity contribution < 1.29 is 0 Å². The monoisotopic (exact) mass is 240 g/mol. The smallest absolute Gasteiger partial charge is 0.00844 e. The minimum Gasteiger partial charge on any atom is -0.327 e. The van der Waals surface area contributed by atoms with Crippen LogP contribution in [-0.4, -0.2) is 30.1 Å². The largest absolute Gasteiger partial charge is 0.327 e. The van der Waals surface area contributed by atoms with Crippen molar-refractivity contribution in [1.29, 1.82) is 0 Å². The Morgan fingerprint density at radius 2 is 1.88 bits per heavy atom. The van der Waals surface area contributed by atoms with Crippen molar-refractivity contribution in [2.45, 2.75) is 66.0 Å². The van der Waals surface area contributed by atoms with Gasteiger partial charge in [-0.2, -0.15) is 0 Å². The molecular formula is C15H32N2. The molecule has 2 N–H and O–H groups in total. The van der Waals surface area contributed by atoms with E-state index < -0.39 is 0 Å². The van der Waals surface area contributed by atoms with Crippen molar-refractivity contribution in [3.05, 3.63) is 0 Å². The lowest BCUT2D eigenvalue weighted by molar-refractivity contribution is 0.0990. The summed E-state index contributed by atoms with van der Waals surface area (Å²) >= 11 is 0. The van der Waals surface area contributed by atoms with E-state index in [1.165, 1.54) is 25.8 Å². The van der Waals surface area contributed by atoms with Crippen LogP contribution >= 0.6 is 0 Å². The van der Waals surface area contributed by atoms with E-state index in [9.17, 15) is 0 Å². The summed E-state index contributed by atoms with van der Waals surface area (Å²) in [5.41, 5.74) is 6.38. The molecule has 0 aliphatic heterocycles. The van der Waals surface area contributed by atoms with Crippen molar-refractivity contribution in [1.82, 2.24) is 4.90 Å². The van der Waals surface area contributed by atoms with Crippen LogP contribution in [0, 0.1) is 17.8 Å². The van der Waals surface area contributed by atoms with Gasteiger partial charge in [0.1, 0.15) is 0 Å². The van der Waals surface area contributed by atoms with E-state index in [1.807, 2.05) is 0 Å². The maximum atomic E-state index is 6.38. The van der Waals surface area contributed by atoms with Crippen molar-refractivity contribution in [2.75, 3.05) is 13.1 Å². The van der Waals surface area contributed by atoms with Crippen LogP contribution in [0.3, 0.4) is 0 Å². The second-order valence-corrected chi connectivity index (χ2v) is 6.23. The Hall–Kier alpha value is -0.0800. The molecule has 1 aliphatic carbocycles. The molecule has 0 aromatic rings. The van der Waals surface area contributed by atoms with Crippen molar-refractivity contribution >= 4 is 0 Å². The summed E-state index contributed by atoms with van der Waals surface area (Å²) in [6.45, 7) is 14.0. The molecule has 0 amide bonds. The average Bonchev–Trinajstić information content (AvgIpc) is 2.27. The van der Waals surface area contributed by atoms with Crippen LogP contribution in [0.15, 0.2) is 0 Å². The molecule has 5 atom stereocenters. The molecule has 1 aliphatic rings. The molecule has 0 saturated heterocycles. The quantitative estimate of drug-likeness (QED) is 0.800. The van der Waals surface area contributed by atoms with Crippen LogP contribution in [0.25, 0.3) is 0 Å². The van der Waals surface area contributed by atoms with Gasteiger partial charge in [0.2, 0.25) is 0 Å². The van der Waals surface area contributed by atoms with Gasteiger partial charge >= 0.3 is 0 Å². The Morgan fingerprint density at radius 3 is 2.35 bits per heavy atom. The van der Waals surface area contributed by atoms with E-state index in [2.05, 4.69) is 39.5 Å². The maximum Gasteiger partial charge on any atom is 0.00844 e. The van der Waals surface area contributed by atoms with Crippen molar-refractivity contribution in [2.24, 2.45) is 23.5 Å². The first kappa shape index (κ1) is 15.0. The molecule has 0 radical (unpaired) electrons. The predicted molar refractivity (Wildman–Crippen MR) is 76.0 cm³/mol. The molecule has 1 rings (SSSR count). The first-order valence-corrected chi connectivity index (χ1v) is 7.49. The number of hydrogen-bond donors (Lipinski definition) is 1. The SMILES string of the molecule is CCC(C)N(CC)CC1C(C)CC(C)CC1N. The lowest BCUT2D eigenvalue weighted by Gasteiger charge is -2.41. The van der Waals surface area contributed by atoms with E-state index >= 15 is 0 Å². The second-order valence-electron chi connectivity index (χ2n) is 6.23. The standard InChI is InChI=1S/C15H32N2/c1-6-13(5)17(7-2)10-14-12(4)8-11(3)9-15(14)16/h11-15H,6-10,16H2,1-5H3. The normalized spacial score (nSPS) is 36.2. The lowest BCUT2D eigenvalue weighted by atomic mass is 9.72. The van der Waals surface area contributed by atoms with Crippen molar-refractivity contribution in [3.8, 4) is 0 Å². The van der Waals surface area contributed by atoms with E-state index in [4.69, 9.17) is 5.73 Å². The highest BCUT2D eigenvalue weighted by Gasteiger charge is 2.33. The Bertz CT molecular complexity index is 205. The molecule has 17 heavy (non-hydrogen) atoms.